The van der Waals surface area contributed by atoms with Gasteiger partial charge in [-0.15, -0.1) is 0 Å². The summed E-state index contributed by atoms with van der Waals surface area (Å²) in [5, 5.41) is 16.0. The minimum absolute atomic E-state index is 0.142. The van der Waals surface area contributed by atoms with Crippen LogP contribution < -0.4 is 5.32 Å². The van der Waals surface area contributed by atoms with Crippen LogP contribution in [0.25, 0.3) is 5.52 Å². The largest absolute Gasteiger partial charge is 0.395 e. The van der Waals surface area contributed by atoms with Gasteiger partial charge in [-0.1, -0.05) is 0 Å². The number of fused-ring (bicyclic) bond motifs is 1. The van der Waals surface area contributed by atoms with E-state index in [2.05, 4.69) is 10.4 Å². The molecule has 0 amide bonds. The van der Waals surface area contributed by atoms with Gasteiger partial charge in [0.1, 0.15) is 0 Å². The van der Waals surface area contributed by atoms with E-state index in [-0.39, 0.29) is 6.61 Å². The van der Waals surface area contributed by atoms with Gasteiger partial charge >= 0.3 is 0 Å². The first-order chi connectivity index (χ1) is 6.81. The molecule has 0 aromatic carbocycles. The zero-order valence-corrected chi connectivity index (χ0v) is 8.07. The lowest BCUT2D eigenvalue weighted by atomic mass is 10.3. The van der Waals surface area contributed by atoms with E-state index in [1.54, 1.807) is 0 Å². The standard InChI is InChI=1S/C10H13N3O/c1-8-7-12-13-4-2-9(6-10(8)13)11-3-5-14/h2,4,6-7,11,14H,3,5H2,1H3. The molecule has 2 aromatic heterocycles. The van der Waals surface area contributed by atoms with Crippen LogP contribution in [0, 0.1) is 6.92 Å². The van der Waals surface area contributed by atoms with Gasteiger partial charge in [-0.3, -0.25) is 0 Å². The maximum absolute atomic E-state index is 8.68. The summed E-state index contributed by atoms with van der Waals surface area (Å²) in [6.45, 7) is 2.74. The molecule has 14 heavy (non-hydrogen) atoms. The normalized spacial score (nSPS) is 10.7. The average molecular weight is 191 g/mol. The monoisotopic (exact) mass is 191 g/mol. The minimum atomic E-state index is 0.142. The lowest BCUT2D eigenvalue weighted by Crippen LogP contribution is -2.05. The third kappa shape index (κ3) is 1.56. The molecule has 0 atom stereocenters. The van der Waals surface area contributed by atoms with Crippen molar-refractivity contribution in [1.82, 2.24) is 9.61 Å². The fourth-order valence-electron chi connectivity index (χ4n) is 1.41. The number of rotatable bonds is 3. The molecule has 2 N–H and O–H groups in total. The Balaban J connectivity index is 2.34. The quantitative estimate of drug-likeness (QED) is 0.762. The molecule has 0 aliphatic rings. The highest BCUT2D eigenvalue weighted by molar-refractivity contribution is 5.61. The van der Waals surface area contributed by atoms with Crippen LogP contribution in [0.3, 0.4) is 0 Å². The highest BCUT2D eigenvalue weighted by Gasteiger charge is 1.99. The average Bonchev–Trinajstić information content (AvgIpc) is 2.57. The van der Waals surface area contributed by atoms with Gasteiger partial charge in [-0.05, 0) is 24.6 Å². The van der Waals surface area contributed by atoms with Gasteiger partial charge in [-0.2, -0.15) is 5.10 Å². The van der Waals surface area contributed by atoms with E-state index in [0.717, 1.165) is 16.8 Å². The maximum Gasteiger partial charge on any atom is 0.0711 e. The molecule has 0 spiro atoms. The summed E-state index contributed by atoms with van der Waals surface area (Å²) in [6.07, 6.45) is 3.74. The molecule has 0 saturated heterocycles. The van der Waals surface area contributed by atoms with Crippen molar-refractivity contribution in [2.24, 2.45) is 0 Å². The first kappa shape index (κ1) is 9.02. The zero-order chi connectivity index (χ0) is 9.97. The first-order valence-electron chi connectivity index (χ1n) is 4.60. The number of hydrogen-bond donors (Lipinski definition) is 2. The Labute approximate surface area is 82.2 Å². The Morgan fingerprint density at radius 2 is 2.43 bits per heavy atom. The second-order valence-electron chi connectivity index (χ2n) is 3.22. The van der Waals surface area contributed by atoms with Crippen molar-refractivity contribution in [3.05, 3.63) is 30.1 Å². The fourth-order valence-corrected chi connectivity index (χ4v) is 1.41. The number of pyridine rings is 1. The highest BCUT2D eigenvalue weighted by atomic mass is 16.3. The predicted molar refractivity (Wildman–Crippen MR) is 55.5 cm³/mol. The van der Waals surface area contributed by atoms with Gasteiger partial charge in [0.15, 0.2) is 0 Å². The maximum atomic E-state index is 8.68. The van der Waals surface area contributed by atoms with Crippen molar-refractivity contribution < 1.29 is 5.11 Å². The van der Waals surface area contributed by atoms with E-state index in [1.165, 1.54) is 0 Å². The number of aromatic nitrogens is 2. The molecule has 74 valence electrons. The smallest absolute Gasteiger partial charge is 0.0711 e. The van der Waals surface area contributed by atoms with Crippen LogP contribution in [-0.2, 0) is 0 Å². The van der Waals surface area contributed by atoms with E-state index in [9.17, 15) is 0 Å². The van der Waals surface area contributed by atoms with Crippen molar-refractivity contribution in [3.63, 3.8) is 0 Å². The van der Waals surface area contributed by atoms with E-state index >= 15 is 0 Å². The Bertz CT molecular complexity index is 436. The van der Waals surface area contributed by atoms with Crippen LogP contribution in [0.2, 0.25) is 0 Å². The molecule has 0 fully saturated rings. The molecule has 0 saturated carbocycles. The second kappa shape index (κ2) is 3.67. The molecule has 2 heterocycles. The van der Waals surface area contributed by atoms with E-state index < -0.39 is 0 Å². The Morgan fingerprint density at radius 1 is 1.57 bits per heavy atom. The SMILES string of the molecule is Cc1cnn2ccc(NCCO)cc12. The van der Waals surface area contributed by atoms with Crippen LogP contribution >= 0.6 is 0 Å². The van der Waals surface area contributed by atoms with Gasteiger partial charge in [0.25, 0.3) is 0 Å². The van der Waals surface area contributed by atoms with Crippen molar-refractivity contribution in [2.45, 2.75) is 6.92 Å². The van der Waals surface area contributed by atoms with Crippen LogP contribution in [0.4, 0.5) is 5.69 Å². The number of hydrogen-bond acceptors (Lipinski definition) is 3. The molecule has 4 nitrogen and oxygen atoms in total. The fraction of sp³-hybridized carbons (Fsp3) is 0.300. The Kier molecular flexibility index (Phi) is 2.37. The highest BCUT2D eigenvalue weighted by Crippen LogP contribution is 2.14. The van der Waals surface area contributed by atoms with Gasteiger partial charge in [0.2, 0.25) is 0 Å². The summed E-state index contributed by atoms with van der Waals surface area (Å²) >= 11 is 0. The van der Waals surface area contributed by atoms with Crippen molar-refractivity contribution in [3.8, 4) is 0 Å². The summed E-state index contributed by atoms with van der Waals surface area (Å²) in [5.41, 5.74) is 3.25. The Morgan fingerprint density at radius 3 is 3.21 bits per heavy atom. The number of anilines is 1. The summed E-state index contributed by atoms with van der Waals surface area (Å²) in [5.74, 6) is 0. The van der Waals surface area contributed by atoms with Crippen LogP contribution in [0.15, 0.2) is 24.5 Å². The number of aliphatic hydroxyl groups is 1. The third-order valence-corrected chi connectivity index (χ3v) is 2.16. The molecule has 0 bridgehead atoms. The summed E-state index contributed by atoms with van der Waals surface area (Å²) in [7, 11) is 0. The van der Waals surface area contributed by atoms with E-state index in [0.29, 0.717) is 6.54 Å². The lowest BCUT2D eigenvalue weighted by molar-refractivity contribution is 0.311. The molecule has 0 aliphatic heterocycles. The van der Waals surface area contributed by atoms with Crippen LogP contribution in [-0.4, -0.2) is 27.9 Å². The Hall–Kier alpha value is -1.55. The summed E-state index contributed by atoms with van der Waals surface area (Å²) in [6, 6.07) is 3.97. The number of nitrogens with zero attached hydrogens (tertiary/aromatic N) is 2. The summed E-state index contributed by atoms with van der Waals surface area (Å²) < 4.78 is 1.83. The van der Waals surface area contributed by atoms with Crippen molar-refractivity contribution in [2.75, 3.05) is 18.5 Å². The van der Waals surface area contributed by atoms with E-state index in [1.807, 2.05) is 36.0 Å². The number of aliphatic hydroxyl groups excluding tert-OH is 1. The van der Waals surface area contributed by atoms with Crippen LogP contribution in [0.5, 0.6) is 0 Å². The molecular formula is C10H13N3O. The topological polar surface area (TPSA) is 49.6 Å². The molecule has 0 unspecified atom stereocenters. The molecule has 2 rings (SSSR count). The van der Waals surface area contributed by atoms with Crippen LogP contribution in [0.1, 0.15) is 5.56 Å². The third-order valence-electron chi connectivity index (χ3n) is 2.16. The molecular weight excluding hydrogens is 178 g/mol. The van der Waals surface area contributed by atoms with Gasteiger partial charge < -0.3 is 10.4 Å². The van der Waals surface area contributed by atoms with Gasteiger partial charge in [-0.25, -0.2) is 4.52 Å². The molecule has 2 aromatic rings. The first-order valence-corrected chi connectivity index (χ1v) is 4.60. The zero-order valence-electron chi connectivity index (χ0n) is 8.07. The van der Waals surface area contributed by atoms with Gasteiger partial charge in [0, 0.05) is 18.4 Å². The number of nitrogens with one attached hydrogen (secondary N) is 1. The lowest BCUT2D eigenvalue weighted by Gasteiger charge is -2.04. The molecule has 4 heteroatoms. The van der Waals surface area contributed by atoms with Gasteiger partial charge in [0.05, 0.1) is 18.3 Å². The molecule has 0 aliphatic carbocycles. The van der Waals surface area contributed by atoms with Crippen molar-refractivity contribution >= 4 is 11.2 Å². The minimum Gasteiger partial charge on any atom is -0.395 e. The predicted octanol–water partition coefficient (Wildman–Crippen LogP) is 1.05. The molecule has 0 radical (unpaired) electrons. The summed E-state index contributed by atoms with van der Waals surface area (Å²) in [4.78, 5) is 0. The second-order valence-corrected chi connectivity index (χ2v) is 3.22. The van der Waals surface area contributed by atoms with E-state index in [4.69, 9.17) is 5.11 Å². The van der Waals surface area contributed by atoms with Crippen molar-refractivity contribution in [1.29, 1.82) is 0 Å². The number of aryl methyl sites for hydroxylation is 1.